The first-order valence-corrected chi connectivity index (χ1v) is 7.94. The molecular weight excluding hydrogens is 256 g/mol. The minimum absolute atomic E-state index is 0.160. The summed E-state index contributed by atoms with van der Waals surface area (Å²) in [5.41, 5.74) is 0. The van der Waals surface area contributed by atoms with Gasteiger partial charge in [0.05, 0.1) is 0 Å². The van der Waals surface area contributed by atoms with Crippen molar-refractivity contribution in [3.8, 4) is 0 Å². The number of carbonyl (C=O) groups is 2. The minimum atomic E-state index is -1.25. The molecule has 0 rings (SSSR count). The van der Waals surface area contributed by atoms with Crippen molar-refractivity contribution in [3.05, 3.63) is 0 Å². The fourth-order valence-electron chi connectivity index (χ4n) is 2.45. The third-order valence-electron chi connectivity index (χ3n) is 3.78. The molecule has 1 unspecified atom stereocenters. The van der Waals surface area contributed by atoms with Crippen LogP contribution in [0.25, 0.3) is 0 Å². The molecule has 0 fully saturated rings. The van der Waals surface area contributed by atoms with Crippen molar-refractivity contribution < 1.29 is 19.8 Å². The van der Waals surface area contributed by atoms with Gasteiger partial charge < -0.3 is 10.2 Å². The zero-order valence-electron chi connectivity index (χ0n) is 12.9. The number of carboxylic acids is 2. The van der Waals surface area contributed by atoms with E-state index < -0.39 is 17.9 Å². The molecule has 4 nitrogen and oxygen atoms in total. The number of carboxylic acid groups (broad SMARTS) is 2. The molecule has 0 spiro atoms. The average Bonchev–Trinajstić information content (AvgIpc) is 2.38. The smallest absolute Gasteiger partial charge is 0.317 e. The third kappa shape index (κ3) is 9.82. The SMILES string of the molecule is CCCCCCCCCCC(C)CC(C(=O)O)C(=O)O. The molecule has 0 bridgehead atoms. The average molecular weight is 286 g/mol. The molecule has 0 heterocycles. The van der Waals surface area contributed by atoms with E-state index in [4.69, 9.17) is 10.2 Å². The maximum atomic E-state index is 10.8. The Morgan fingerprint density at radius 1 is 0.850 bits per heavy atom. The molecule has 0 aromatic heterocycles. The Hall–Kier alpha value is -1.06. The lowest BCUT2D eigenvalue weighted by atomic mass is 9.91. The second kappa shape index (κ2) is 11.7. The Bertz CT molecular complexity index is 262. The molecule has 118 valence electrons. The zero-order chi connectivity index (χ0) is 15.4. The number of aliphatic carboxylic acids is 2. The first-order valence-electron chi connectivity index (χ1n) is 7.94. The first-order chi connectivity index (χ1) is 9.49. The van der Waals surface area contributed by atoms with E-state index in [0.717, 1.165) is 12.8 Å². The first kappa shape index (κ1) is 18.9. The largest absolute Gasteiger partial charge is 0.481 e. The van der Waals surface area contributed by atoms with Gasteiger partial charge in [0.1, 0.15) is 0 Å². The van der Waals surface area contributed by atoms with Crippen molar-refractivity contribution in [2.75, 3.05) is 0 Å². The molecule has 4 heteroatoms. The Balaban J connectivity index is 3.60. The lowest BCUT2D eigenvalue weighted by Crippen LogP contribution is -2.25. The summed E-state index contributed by atoms with van der Waals surface area (Å²) in [4.78, 5) is 21.6. The molecule has 0 amide bonds. The maximum absolute atomic E-state index is 10.8. The van der Waals surface area contributed by atoms with E-state index >= 15 is 0 Å². The molecule has 20 heavy (non-hydrogen) atoms. The van der Waals surface area contributed by atoms with Crippen molar-refractivity contribution >= 4 is 11.9 Å². The van der Waals surface area contributed by atoms with E-state index in [2.05, 4.69) is 6.92 Å². The summed E-state index contributed by atoms with van der Waals surface area (Å²) in [6, 6.07) is 0. The molecule has 0 aliphatic carbocycles. The Labute approximate surface area is 122 Å². The van der Waals surface area contributed by atoms with Gasteiger partial charge in [0.15, 0.2) is 5.92 Å². The molecule has 0 saturated carbocycles. The van der Waals surface area contributed by atoms with E-state index in [1.807, 2.05) is 6.92 Å². The normalized spacial score (nSPS) is 12.6. The Kier molecular flexibility index (Phi) is 11.1. The summed E-state index contributed by atoms with van der Waals surface area (Å²) < 4.78 is 0. The van der Waals surface area contributed by atoms with Crippen LogP contribution in [0.15, 0.2) is 0 Å². The van der Waals surface area contributed by atoms with Crippen molar-refractivity contribution in [3.63, 3.8) is 0 Å². The molecule has 0 aromatic carbocycles. The number of hydrogen-bond donors (Lipinski definition) is 2. The zero-order valence-corrected chi connectivity index (χ0v) is 12.9. The molecule has 0 radical (unpaired) electrons. The predicted molar refractivity (Wildman–Crippen MR) is 79.8 cm³/mol. The van der Waals surface area contributed by atoms with Crippen LogP contribution in [0.2, 0.25) is 0 Å². The quantitative estimate of drug-likeness (QED) is 0.390. The van der Waals surface area contributed by atoms with Gasteiger partial charge in [-0.2, -0.15) is 0 Å². The molecule has 2 N–H and O–H groups in total. The Morgan fingerprint density at radius 2 is 1.30 bits per heavy atom. The lowest BCUT2D eigenvalue weighted by Gasteiger charge is -2.14. The van der Waals surface area contributed by atoms with E-state index in [1.54, 1.807) is 0 Å². The molecule has 0 aliphatic rings. The van der Waals surface area contributed by atoms with Crippen molar-refractivity contribution in [2.24, 2.45) is 11.8 Å². The van der Waals surface area contributed by atoms with Crippen LogP contribution in [0.3, 0.4) is 0 Å². The van der Waals surface area contributed by atoms with Gasteiger partial charge in [-0.3, -0.25) is 9.59 Å². The molecular formula is C16H30O4. The van der Waals surface area contributed by atoms with Crippen LogP contribution in [0.4, 0.5) is 0 Å². The highest BCUT2D eigenvalue weighted by Crippen LogP contribution is 2.20. The van der Waals surface area contributed by atoms with Crippen LogP contribution in [-0.4, -0.2) is 22.2 Å². The Morgan fingerprint density at radius 3 is 1.75 bits per heavy atom. The van der Waals surface area contributed by atoms with Gasteiger partial charge in [-0.25, -0.2) is 0 Å². The summed E-state index contributed by atoms with van der Waals surface area (Å²) in [5.74, 6) is -3.54. The van der Waals surface area contributed by atoms with E-state index in [1.165, 1.54) is 44.9 Å². The van der Waals surface area contributed by atoms with Gasteiger partial charge in [-0.15, -0.1) is 0 Å². The number of rotatable bonds is 13. The monoisotopic (exact) mass is 286 g/mol. The highest BCUT2D eigenvalue weighted by molar-refractivity contribution is 5.92. The van der Waals surface area contributed by atoms with Crippen LogP contribution < -0.4 is 0 Å². The minimum Gasteiger partial charge on any atom is -0.481 e. The molecule has 0 aromatic rings. The van der Waals surface area contributed by atoms with E-state index in [9.17, 15) is 9.59 Å². The molecule has 1 atom stereocenters. The van der Waals surface area contributed by atoms with E-state index in [-0.39, 0.29) is 12.3 Å². The van der Waals surface area contributed by atoms with Crippen LogP contribution in [0, 0.1) is 11.8 Å². The number of unbranched alkanes of at least 4 members (excludes halogenated alkanes) is 7. The van der Waals surface area contributed by atoms with Gasteiger partial charge in [0, 0.05) is 0 Å². The van der Waals surface area contributed by atoms with E-state index in [0.29, 0.717) is 0 Å². The second-order valence-corrected chi connectivity index (χ2v) is 5.83. The maximum Gasteiger partial charge on any atom is 0.317 e. The fraction of sp³-hybridized carbons (Fsp3) is 0.875. The topological polar surface area (TPSA) is 74.6 Å². The molecule has 0 aliphatic heterocycles. The summed E-state index contributed by atoms with van der Waals surface area (Å²) in [5, 5.41) is 17.6. The van der Waals surface area contributed by atoms with Crippen molar-refractivity contribution in [1.29, 1.82) is 0 Å². The fourth-order valence-corrected chi connectivity index (χ4v) is 2.45. The van der Waals surface area contributed by atoms with Crippen LogP contribution in [0.1, 0.15) is 78.1 Å². The van der Waals surface area contributed by atoms with Gasteiger partial charge in [0.2, 0.25) is 0 Å². The second-order valence-electron chi connectivity index (χ2n) is 5.83. The van der Waals surface area contributed by atoms with Gasteiger partial charge in [0.25, 0.3) is 0 Å². The summed E-state index contributed by atoms with van der Waals surface area (Å²) in [7, 11) is 0. The highest BCUT2D eigenvalue weighted by atomic mass is 16.4. The molecule has 0 saturated heterocycles. The number of hydrogen-bond acceptors (Lipinski definition) is 2. The standard InChI is InChI=1S/C16H30O4/c1-3-4-5-6-7-8-9-10-11-13(2)12-14(15(17)18)16(19)20/h13-14H,3-12H2,1-2H3,(H,17,18)(H,19,20). The van der Waals surface area contributed by atoms with Gasteiger partial charge in [-0.1, -0.05) is 71.6 Å². The highest BCUT2D eigenvalue weighted by Gasteiger charge is 2.27. The van der Waals surface area contributed by atoms with Crippen molar-refractivity contribution in [2.45, 2.75) is 78.1 Å². The lowest BCUT2D eigenvalue weighted by molar-refractivity contribution is -0.155. The van der Waals surface area contributed by atoms with Crippen LogP contribution in [-0.2, 0) is 9.59 Å². The van der Waals surface area contributed by atoms with Gasteiger partial charge in [-0.05, 0) is 12.3 Å². The third-order valence-corrected chi connectivity index (χ3v) is 3.78. The predicted octanol–water partition coefficient (Wildman–Crippen LogP) is 4.33. The van der Waals surface area contributed by atoms with Gasteiger partial charge >= 0.3 is 11.9 Å². The summed E-state index contributed by atoms with van der Waals surface area (Å²) in [6.45, 7) is 4.16. The van der Waals surface area contributed by atoms with Crippen LogP contribution in [0.5, 0.6) is 0 Å². The summed E-state index contributed by atoms with van der Waals surface area (Å²) >= 11 is 0. The van der Waals surface area contributed by atoms with Crippen LogP contribution >= 0.6 is 0 Å². The van der Waals surface area contributed by atoms with Crippen molar-refractivity contribution in [1.82, 2.24) is 0 Å². The summed E-state index contributed by atoms with van der Waals surface area (Å²) in [6.07, 6.45) is 11.1.